The molecule has 1 saturated heterocycles. The highest BCUT2D eigenvalue weighted by Gasteiger charge is 2.17. The fraction of sp³-hybridized carbons (Fsp3) is 0.318. The molecule has 2 aromatic carbocycles. The van der Waals surface area contributed by atoms with Gasteiger partial charge in [0, 0.05) is 60.9 Å². The van der Waals surface area contributed by atoms with Crippen molar-refractivity contribution in [2.75, 3.05) is 44.2 Å². The van der Waals surface area contributed by atoms with Gasteiger partial charge in [-0.2, -0.15) is 0 Å². The van der Waals surface area contributed by atoms with Crippen molar-refractivity contribution in [1.82, 2.24) is 15.2 Å². The first-order valence-electron chi connectivity index (χ1n) is 9.69. The second-order valence-corrected chi connectivity index (χ2v) is 7.77. The summed E-state index contributed by atoms with van der Waals surface area (Å²) in [6.45, 7) is 7.67. The first-order valence-corrected chi connectivity index (χ1v) is 10.1. The molecule has 1 aromatic heterocycles. The van der Waals surface area contributed by atoms with Crippen LogP contribution in [0.15, 0.2) is 48.5 Å². The summed E-state index contributed by atoms with van der Waals surface area (Å²) in [5.74, 6) is -0.0780. The number of rotatable bonds is 5. The molecule has 0 saturated carbocycles. The highest BCUT2D eigenvalue weighted by Crippen LogP contribution is 2.20. The number of benzene rings is 2. The number of hydrogen-bond donors (Lipinski definition) is 2. The van der Waals surface area contributed by atoms with Gasteiger partial charge in [0.25, 0.3) is 5.91 Å². The molecule has 2 heterocycles. The number of aromatic nitrogens is 1. The highest BCUT2D eigenvalue weighted by molar-refractivity contribution is 6.31. The maximum Gasteiger partial charge on any atom is 0.267 e. The number of nitrogens with one attached hydrogen (secondary N) is 2. The van der Waals surface area contributed by atoms with Gasteiger partial charge in [0.1, 0.15) is 5.69 Å². The molecule has 1 amide bonds. The summed E-state index contributed by atoms with van der Waals surface area (Å²) in [6, 6.07) is 16.1. The fourth-order valence-electron chi connectivity index (χ4n) is 3.70. The molecule has 1 aliphatic heterocycles. The molecule has 2 N–H and O–H groups in total. The van der Waals surface area contributed by atoms with Crippen molar-refractivity contribution in [3.63, 3.8) is 0 Å². The van der Waals surface area contributed by atoms with E-state index in [9.17, 15) is 4.79 Å². The molecule has 28 heavy (non-hydrogen) atoms. The number of piperazine rings is 1. The zero-order valence-electron chi connectivity index (χ0n) is 16.0. The highest BCUT2D eigenvalue weighted by atomic mass is 35.5. The summed E-state index contributed by atoms with van der Waals surface area (Å²) in [7, 11) is 0. The lowest BCUT2D eigenvalue weighted by Crippen LogP contribution is -2.48. The van der Waals surface area contributed by atoms with Gasteiger partial charge < -0.3 is 15.2 Å². The molecular formula is C22H25ClN4O. The van der Waals surface area contributed by atoms with Crippen LogP contribution in [0.1, 0.15) is 16.1 Å². The van der Waals surface area contributed by atoms with Crippen molar-refractivity contribution < 1.29 is 4.79 Å². The number of hydrogen-bond acceptors (Lipinski definition) is 3. The lowest BCUT2D eigenvalue weighted by molar-refractivity contribution is 0.0943. The molecule has 0 radical (unpaired) electrons. The third-order valence-corrected chi connectivity index (χ3v) is 5.52. The van der Waals surface area contributed by atoms with Crippen molar-refractivity contribution in [1.29, 1.82) is 0 Å². The second kappa shape index (κ2) is 8.25. The van der Waals surface area contributed by atoms with Crippen LogP contribution in [0.3, 0.4) is 0 Å². The molecule has 0 bridgehead atoms. The average Bonchev–Trinajstić information content (AvgIpc) is 3.12. The second-order valence-electron chi connectivity index (χ2n) is 7.34. The number of amides is 1. The van der Waals surface area contributed by atoms with Crippen LogP contribution in [0.4, 0.5) is 5.69 Å². The third-order valence-electron chi connectivity index (χ3n) is 5.28. The molecule has 0 aliphatic carbocycles. The van der Waals surface area contributed by atoms with Crippen LogP contribution >= 0.6 is 11.6 Å². The predicted octanol–water partition coefficient (Wildman–Crippen LogP) is 3.68. The number of aryl methyl sites for hydroxylation is 1. The van der Waals surface area contributed by atoms with Crippen molar-refractivity contribution in [3.8, 4) is 0 Å². The van der Waals surface area contributed by atoms with E-state index < -0.39 is 0 Å². The van der Waals surface area contributed by atoms with E-state index in [1.54, 1.807) is 0 Å². The molecule has 6 heteroatoms. The van der Waals surface area contributed by atoms with Crippen molar-refractivity contribution in [2.24, 2.45) is 0 Å². The fourth-order valence-corrected chi connectivity index (χ4v) is 3.88. The normalized spacial score (nSPS) is 15.1. The number of H-pyrrole nitrogens is 1. The van der Waals surface area contributed by atoms with Gasteiger partial charge in [0.2, 0.25) is 0 Å². The maximum absolute atomic E-state index is 12.4. The first-order chi connectivity index (χ1) is 13.6. The minimum Gasteiger partial charge on any atom is -0.369 e. The summed E-state index contributed by atoms with van der Waals surface area (Å²) >= 11 is 6.01. The Morgan fingerprint density at radius 1 is 1.11 bits per heavy atom. The van der Waals surface area contributed by atoms with Crippen LogP contribution in [-0.4, -0.2) is 55.1 Å². The summed E-state index contributed by atoms with van der Waals surface area (Å²) in [5, 5.41) is 4.63. The van der Waals surface area contributed by atoms with Crippen LogP contribution < -0.4 is 10.2 Å². The van der Waals surface area contributed by atoms with E-state index in [4.69, 9.17) is 11.6 Å². The molecule has 0 unspecified atom stereocenters. The predicted molar refractivity (Wildman–Crippen MR) is 115 cm³/mol. The summed E-state index contributed by atoms with van der Waals surface area (Å²) in [5.41, 5.74) is 4.08. The standard InChI is InChI=1S/C22H25ClN4O/c1-16-3-2-4-19(13-16)27-11-9-26(10-12-27)8-7-24-22(28)21-15-17-14-18(23)5-6-20(17)25-21/h2-6,13-15,25H,7-12H2,1H3,(H,24,28). The number of nitrogens with zero attached hydrogens (tertiary/aromatic N) is 2. The van der Waals surface area contributed by atoms with Crippen LogP contribution in [0, 0.1) is 6.92 Å². The lowest BCUT2D eigenvalue weighted by atomic mass is 10.2. The molecule has 3 aromatic rings. The average molecular weight is 397 g/mol. The summed E-state index contributed by atoms with van der Waals surface area (Å²) in [4.78, 5) is 20.4. The Hall–Kier alpha value is -2.50. The van der Waals surface area contributed by atoms with Gasteiger partial charge in [-0.3, -0.25) is 9.69 Å². The van der Waals surface area contributed by atoms with Crippen molar-refractivity contribution in [3.05, 3.63) is 64.8 Å². The van der Waals surface area contributed by atoms with Crippen LogP contribution in [0.5, 0.6) is 0 Å². The van der Waals surface area contributed by atoms with Crippen molar-refractivity contribution >= 4 is 34.1 Å². The van der Waals surface area contributed by atoms with E-state index in [1.807, 2.05) is 24.3 Å². The maximum atomic E-state index is 12.4. The SMILES string of the molecule is Cc1cccc(N2CCN(CCNC(=O)c3cc4cc(Cl)ccc4[nH]3)CC2)c1. The first kappa shape index (κ1) is 18.8. The topological polar surface area (TPSA) is 51.4 Å². The number of anilines is 1. The van der Waals surface area contributed by atoms with E-state index in [1.165, 1.54) is 11.3 Å². The number of carbonyl (C=O) groups excluding carboxylic acids is 1. The van der Waals surface area contributed by atoms with Gasteiger partial charge in [-0.25, -0.2) is 0 Å². The van der Waals surface area contributed by atoms with Gasteiger partial charge in [0.05, 0.1) is 0 Å². The minimum atomic E-state index is -0.0780. The van der Waals surface area contributed by atoms with Gasteiger partial charge in [-0.15, -0.1) is 0 Å². The molecule has 0 spiro atoms. The van der Waals surface area contributed by atoms with E-state index >= 15 is 0 Å². The number of aromatic amines is 1. The Morgan fingerprint density at radius 3 is 2.71 bits per heavy atom. The van der Waals surface area contributed by atoms with Gasteiger partial charge in [-0.05, 0) is 48.9 Å². The number of fused-ring (bicyclic) bond motifs is 1. The Balaban J connectivity index is 1.24. The summed E-state index contributed by atoms with van der Waals surface area (Å²) < 4.78 is 0. The smallest absolute Gasteiger partial charge is 0.267 e. The Bertz CT molecular complexity index is 976. The molecule has 146 valence electrons. The largest absolute Gasteiger partial charge is 0.369 e. The minimum absolute atomic E-state index is 0.0780. The van der Waals surface area contributed by atoms with E-state index in [2.05, 4.69) is 51.3 Å². The zero-order chi connectivity index (χ0) is 19.5. The van der Waals surface area contributed by atoms with E-state index in [0.717, 1.165) is 43.6 Å². The Kier molecular flexibility index (Phi) is 5.55. The zero-order valence-corrected chi connectivity index (χ0v) is 16.8. The molecule has 1 fully saturated rings. The molecule has 0 atom stereocenters. The number of halogens is 1. The molecular weight excluding hydrogens is 372 g/mol. The van der Waals surface area contributed by atoms with Crippen LogP contribution in [-0.2, 0) is 0 Å². The Labute approximate surface area is 170 Å². The monoisotopic (exact) mass is 396 g/mol. The van der Waals surface area contributed by atoms with Gasteiger partial charge in [-0.1, -0.05) is 23.7 Å². The lowest BCUT2D eigenvalue weighted by Gasteiger charge is -2.36. The number of carbonyl (C=O) groups is 1. The van der Waals surface area contributed by atoms with Crippen LogP contribution in [0.2, 0.25) is 5.02 Å². The van der Waals surface area contributed by atoms with Crippen molar-refractivity contribution in [2.45, 2.75) is 6.92 Å². The van der Waals surface area contributed by atoms with Gasteiger partial charge >= 0.3 is 0 Å². The van der Waals surface area contributed by atoms with E-state index in [-0.39, 0.29) is 5.91 Å². The van der Waals surface area contributed by atoms with E-state index in [0.29, 0.717) is 17.3 Å². The van der Waals surface area contributed by atoms with Crippen LogP contribution in [0.25, 0.3) is 10.9 Å². The summed E-state index contributed by atoms with van der Waals surface area (Å²) in [6.07, 6.45) is 0. The Morgan fingerprint density at radius 2 is 1.93 bits per heavy atom. The van der Waals surface area contributed by atoms with Gasteiger partial charge in [0.15, 0.2) is 0 Å². The quantitative estimate of drug-likeness (QED) is 0.691. The molecule has 5 nitrogen and oxygen atoms in total. The third kappa shape index (κ3) is 4.32. The molecule has 4 rings (SSSR count). The molecule has 1 aliphatic rings.